The van der Waals surface area contributed by atoms with Crippen LogP contribution in [0.5, 0.6) is 0 Å². The number of hydrogen-bond acceptors (Lipinski definition) is 5. The number of carbonyl (C=O) groups excluding carboxylic acids is 2. The standard InChI is InChI=1S/C25H30N4O2/c30-23(10-2-7-18-5-1-6-18)20-8-3-9-22(17-20)28-21-13-11-19(12-14-21)24(31)29-25-26-15-4-16-27-25/h3,8-9,11-14,17-18,28H,1-2,4-7,10,15-16H2,(H2,26,27,29,31). The summed E-state index contributed by atoms with van der Waals surface area (Å²) < 4.78 is 0. The van der Waals surface area contributed by atoms with Crippen molar-refractivity contribution in [2.45, 2.75) is 44.9 Å². The van der Waals surface area contributed by atoms with Crippen LogP contribution in [0, 0.1) is 5.92 Å². The summed E-state index contributed by atoms with van der Waals surface area (Å²) in [6, 6.07) is 14.9. The second-order valence-corrected chi connectivity index (χ2v) is 8.36. The molecule has 1 saturated carbocycles. The van der Waals surface area contributed by atoms with Gasteiger partial charge in [0.1, 0.15) is 0 Å². The number of hydrogen-bond donors (Lipinski definition) is 3. The number of guanidine groups is 1. The Bertz CT molecular complexity index is 948. The SMILES string of the molecule is O=C(CCCC1CCC1)c1cccc(Nc2ccc(C(=O)NC3=NCCCN3)cc2)c1. The summed E-state index contributed by atoms with van der Waals surface area (Å²) in [5, 5.41) is 9.20. The molecule has 2 aromatic carbocycles. The Morgan fingerprint density at radius 3 is 2.55 bits per heavy atom. The summed E-state index contributed by atoms with van der Waals surface area (Å²) in [6.45, 7) is 1.55. The summed E-state index contributed by atoms with van der Waals surface area (Å²) in [4.78, 5) is 29.2. The van der Waals surface area contributed by atoms with Gasteiger partial charge in [0.05, 0.1) is 0 Å². The molecule has 1 aliphatic heterocycles. The smallest absolute Gasteiger partial charge is 0.257 e. The molecule has 1 amide bonds. The second-order valence-electron chi connectivity index (χ2n) is 8.36. The van der Waals surface area contributed by atoms with Crippen LogP contribution in [0.15, 0.2) is 53.5 Å². The van der Waals surface area contributed by atoms with Gasteiger partial charge in [-0.15, -0.1) is 0 Å². The van der Waals surface area contributed by atoms with Crippen LogP contribution in [0.2, 0.25) is 0 Å². The van der Waals surface area contributed by atoms with E-state index in [9.17, 15) is 9.59 Å². The average molecular weight is 419 g/mol. The van der Waals surface area contributed by atoms with E-state index >= 15 is 0 Å². The molecule has 0 unspecified atom stereocenters. The van der Waals surface area contributed by atoms with Gasteiger partial charge >= 0.3 is 0 Å². The number of amides is 1. The van der Waals surface area contributed by atoms with Crippen molar-refractivity contribution in [3.05, 3.63) is 59.7 Å². The number of rotatable bonds is 8. The normalized spacial score (nSPS) is 15.9. The Balaban J connectivity index is 1.31. The largest absolute Gasteiger partial charge is 0.356 e. The summed E-state index contributed by atoms with van der Waals surface area (Å²) in [6.07, 6.45) is 7.76. The van der Waals surface area contributed by atoms with E-state index in [0.29, 0.717) is 17.9 Å². The topological polar surface area (TPSA) is 82.6 Å². The van der Waals surface area contributed by atoms with E-state index in [0.717, 1.165) is 48.8 Å². The fourth-order valence-corrected chi connectivity index (χ4v) is 3.92. The second kappa shape index (κ2) is 10.2. The zero-order valence-corrected chi connectivity index (χ0v) is 17.8. The number of Topliss-reactive ketones (excluding diaryl/α,β-unsaturated/α-hetero) is 1. The van der Waals surface area contributed by atoms with E-state index in [4.69, 9.17) is 0 Å². The van der Waals surface area contributed by atoms with Gasteiger partial charge in [-0.1, -0.05) is 37.8 Å². The zero-order chi connectivity index (χ0) is 21.5. The first-order valence-corrected chi connectivity index (χ1v) is 11.3. The predicted molar refractivity (Wildman–Crippen MR) is 124 cm³/mol. The van der Waals surface area contributed by atoms with Crippen molar-refractivity contribution in [2.24, 2.45) is 10.9 Å². The van der Waals surface area contributed by atoms with E-state index in [2.05, 4.69) is 20.9 Å². The van der Waals surface area contributed by atoms with Gasteiger partial charge in [0.15, 0.2) is 11.7 Å². The highest BCUT2D eigenvalue weighted by molar-refractivity contribution is 6.06. The molecule has 1 aliphatic carbocycles. The van der Waals surface area contributed by atoms with Gasteiger partial charge < -0.3 is 10.6 Å². The zero-order valence-electron chi connectivity index (χ0n) is 17.8. The van der Waals surface area contributed by atoms with Gasteiger partial charge in [0, 0.05) is 42.0 Å². The minimum Gasteiger partial charge on any atom is -0.356 e. The molecule has 1 fully saturated rings. The highest BCUT2D eigenvalue weighted by Gasteiger charge is 2.17. The number of carbonyl (C=O) groups is 2. The van der Waals surface area contributed by atoms with Crippen molar-refractivity contribution in [2.75, 3.05) is 18.4 Å². The molecule has 0 aromatic heterocycles. The van der Waals surface area contributed by atoms with Crippen molar-refractivity contribution in [1.82, 2.24) is 10.6 Å². The maximum Gasteiger partial charge on any atom is 0.257 e. The van der Waals surface area contributed by atoms with Gasteiger partial charge in [-0.2, -0.15) is 0 Å². The first-order chi connectivity index (χ1) is 15.2. The Labute approximate surface area is 183 Å². The minimum absolute atomic E-state index is 0.186. The molecular weight excluding hydrogens is 388 g/mol. The number of anilines is 2. The van der Waals surface area contributed by atoms with Gasteiger partial charge in [-0.3, -0.25) is 19.9 Å². The van der Waals surface area contributed by atoms with Crippen molar-refractivity contribution in [3.8, 4) is 0 Å². The third-order valence-corrected chi connectivity index (χ3v) is 5.99. The third-order valence-electron chi connectivity index (χ3n) is 5.99. The van der Waals surface area contributed by atoms with Crippen LogP contribution in [0.25, 0.3) is 0 Å². The van der Waals surface area contributed by atoms with Crippen LogP contribution in [-0.2, 0) is 0 Å². The minimum atomic E-state index is -0.186. The highest BCUT2D eigenvalue weighted by atomic mass is 16.2. The lowest BCUT2D eigenvalue weighted by Gasteiger charge is -2.24. The van der Waals surface area contributed by atoms with E-state index in [1.807, 2.05) is 36.4 Å². The molecule has 6 nitrogen and oxygen atoms in total. The van der Waals surface area contributed by atoms with Gasteiger partial charge in [0.25, 0.3) is 5.91 Å². The monoisotopic (exact) mass is 418 g/mol. The summed E-state index contributed by atoms with van der Waals surface area (Å²) in [5.74, 6) is 1.40. The first-order valence-electron chi connectivity index (χ1n) is 11.3. The number of benzene rings is 2. The molecule has 0 saturated heterocycles. The molecule has 0 bridgehead atoms. The van der Waals surface area contributed by atoms with Crippen molar-refractivity contribution >= 4 is 29.0 Å². The molecule has 1 heterocycles. The van der Waals surface area contributed by atoms with Gasteiger partial charge in [-0.25, -0.2) is 0 Å². The molecule has 31 heavy (non-hydrogen) atoms. The van der Waals surface area contributed by atoms with Crippen molar-refractivity contribution < 1.29 is 9.59 Å². The quantitative estimate of drug-likeness (QED) is 0.545. The van der Waals surface area contributed by atoms with Crippen LogP contribution < -0.4 is 16.0 Å². The van der Waals surface area contributed by atoms with E-state index in [1.54, 1.807) is 12.1 Å². The fraction of sp³-hybridized carbons (Fsp3) is 0.400. The lowest BCUT2D eigenvalue weighted by molar-refractivity contribution is 0.0967. The van der Waals surface area contributed by atoms with Crippen molar-refractivity contribution in [1.29, 1.82) is 0 Å². The highest BCUT2D eigenvalue weighted by Crippen LogP contribution is 2.31. The fourth-order valence-electron chi connectivity index (χ4n) is 3.92. The summed E-state index contributed by atoms with van der Waals surface area (Å²) in [5.41, 5.74) is 3.04. The molecule has 6 heteroatoms. The number of nitrogens with zero attached hydrogens (tertiary/aromatic N) is 1. The van der Waals surface area contributed by atoms with Gasteiger partial charge in [-0.05, 0) is 55.2 Å². The van der Waals surface area contributed by atoms with Crippen molar-refractivity contribution in [3.63, 3.8) is 0 Å². The molecule has 0 spiro atoms. The van der Waals surface area contributed by atoms with E-state index < -0.39 is 0 Å². The van der Waals surface area contributed by atoms with Crippen LogP contribution in [0.1, 0.15) is 65.7 Å². The third kappa shape index (κ3) is 5.94. The number of nitrogens with one attached hydrogen (secondary N) is 3. The lowest BCUT2D eigenvalue weighted by atomic mass is 9.81. The maximum absolute atomic E-state index is 12.5. The molecule has 2 aliphatic rings. The molecular formula is C25H30N4O2. The van der Waals surface area contributed by atoms with Crippen LogP contribution in [0.3, 0.4) is 0 Å². The predicted octanol–water partition coefficient (Wildman–Crippen LogP) is 4.66. The summed E-state index contributed by atoms with van der Waals surface area (Å²) in [7, 11) is 0. The number of aliphatic imine (C=N–C) groups is 1. The average Bonchev–Trinajstić information content (AvgIpc) is 2.76. The molecule has 2 aromatic rings. The van der Waals surface area contributed by atoms with E-state index in [-0.39, 0.29) is 11.7 Å². The Hall–Kier alpha value is -3.15. The van der Waals surface area contributed by atoms with Gasteiger partial charge in [0.2, 0.25) is 0 Å². The lowest BCUT2D eigenvalue weighted by Crippen LogP contribution is -2.43. The molecule has 162 valence electrons. The Kier molecular flexibility index (Phi) is 6.97. The molecule has 4 rings (SSSR count). The van der Waals surface area contributed by atoms with Crippen LogP contribution >= 0.6 is 0 Å². The molecule has 3 N–H and O–H groups in total. The van der Waals surface area contributed by atoms with Crippen LogP contribution in [0.4, 0.5) is 11.4 Å². The molecule has 0 radical (unpaired) electrons. The Morgan fingerprint density at radius 2 is 1.84 bits per heavy atom. The number of ketones is 1. The Morgan fingerprint density at radius 1 is 1.00 bits per heavy atom. The summed E-state index contributed by atoms with van der Waals surface area (Å²) >= 11 is 0. The van der Waals surface area contributed by atoms with E-state index in [1.165, 1.54) is 25.7 Å². The molecule has 0 atom stereocenters. The first kappa shape index (κ1) is 21.1. The van der Waals surface area contributed by atoms with Crippen LogP contribution in [-0.4, -0.2) is 30.7 Å². The maximum atomic E-state index is 12.5.